The second-order valence-electron chi connectivity index (χ2n) is 5.63. The lowest BCUT2D eigenvalue weighted by molar-refractivity contribution is 0.0603. The fourth-order valence-electron chi connectivity index (χ4n) is 2.78. The van der Waals surface area contributed by atoms with Gasteiger partial charge in [-0.3, -0.25) is 4.98 Å². The lowest BCUT2D eigenvalue weighted by atomic mass is 9.98. The van der Waals surface area contributed by atoms with E-state index in [4.69, 9.17) is 14.2 Å². The van der Waals surface area contributed by atoms with Crippen LogP contribution in [-0.4, -0.2) is 32.3 Å². The number of aromatic nitrogens is 1. The van der Waals surface area contributed by atoms with Gasteiger partial charge in [0.25, 0.3) is 0 Å². The van der Waals surface area contributed by atoms with E-state index in [1.807, 2.05) is 31.2 Å². The van der Waals surface area contributed by atoms with Gasteiger partial charge in [-0.1, -0.05) is 29.8 Å². The molecular formula is C20H19NO4. The quantitative estimate of drug-likeness (QED) is 0.673. The van der Waals surface area contributed by atoms with Crippen molar-refractivity contribution in [2.24, 2.45) is 0 Å². The van der Waals surface area contributed by atoms with Crippen molar-refractivity contribution in [3.8, 4) is 22.8 Å². The highest BCUT2D eigenvalue weighted by Gasteiger charge is 2.20. The summed E-state index contributed by atoms with van der Waals surface area (Å²) >= 11 is 0. The molecule has 0 saturated carbocycles. The largest absolute Gasteiger partial charge is 0.493 e. The highest BCUT2D eigenvalue weighted by atomic mass is 16.5. The van der Waals surface area contributed by atoms with Crippen molar-refractivity contribution in [1.82, 2.24) is 4.98 Å². The number of pyridine rings is 1. The fraction of sp³-hybridized carbons (Fsp3) is 0.200. The highest BCUT2D eigenvalue weighted by Crippen LogP contribution is 2.36. The van der Waals surface area contributed by atoms with E-state index in [0.717, 1.165) is 16.5 Å². The van der Waals surface area contributed by atoms with E-state index in [-0.39, 0.29) is 0 Å². The van der Waals surface area contributed by atoms with E-state index in [0.29, 0.717) is 28.1 Å². The van der Waals surface area contributed by atoms with E-state index in [1.54, 1.807) is 32.5 Å². The predicted octanol–water partition coefficient (Wildman–Crippen LogP) is 4.01. The molecule has 0 atom stereocenters. The Labute approximate surface area is 146 Å². The van der Waals surface area contributed by atoms with E-state index in [1.165, 1.54) is 7.11 Å². The molecule has 0 saturated heterocycles. The first-order chi connectivity index (χ1) is 12.1. The zero-order chi connectivity index (χ0) is 18.0. The van der Waals surface area contributed by atoms with Gasteiger partial charge in [0, 0.05) is 22.5 Å². The Morgan fingerprint density at radius 3 is 2.20 bits per heavy atom. The summed E-state index contributed by atoms with van der Waals surface area (Å²) < 4.78 is 15.7. The first-order valence-electron chi connectivity index (χ1n) is 7.79. The number of methoxy groups -OCH3 is 3. The number of esters is 1. The zero-order valence-corrected chi connectivity index (χ0v) is 14.6. The smallest absolute Gasteiger partial charge is 0.340 e. The fourth-order valence-corrected chi connectivity index (χ4v) is 2.78. The van der Waals surface area contributed by atoms with Crippen LogP contribution >= 0.6 is 0 Å². The summed E-state index contributed by atoms with van der Waals surface area (Å²) in [5.74, 6) is 0.679. The number of hydrogen-bond donors (Lipinski definition) is 0. The van der Waals surface area contributed by atoms with E-state index < -0.39 is 5.97 Å². The van der Waals surface area contributed by atoms with Crippen molar-refractivity contribution in [3.63, 3.8) is 0 Å². The van der Waals surface area contributed by atoms with Crippen molar-refractivity contribution >= 4 is 16.7 Å². The van der Waals surface area contributed by atoms with Crippen LogP contribution in [0.15, 0.2) is 42.6 Å². The molecule has 0 aliphatic rings. The second-order valence-corrected chi connectivity index (χ2v) is 5.63. The molecule has 5 heteroatoms. The van der Waals surface area contributed by atoms with Gasteiger partial charge in [-0.25, -0.2) is 4.79 Å². The van der Waals surface area contributed by atoms with Gasteiger partial charge >= 0.3 is 5.97 Å². The third-order valence-electron chi connectivity index (χ3n) is 4.11. The minimum Gasteiger partial charge on any atom is -0.493 e. The number of ether oxygens (including phenoxy) is 3. The van der Waals surface area contributed by atoms with Gasteiger partial charge in [0.2, 0.25) is 0 Å². The summed E-state index contributed by atoms with van der Waals surface area (Å²) in [7, 11) is 4.49. The average molecular weight is 337 g/mol. The van der Waals surface area contributed by atoms with Gasteiger partial charge in [0.1, 0.15) is 0 Å². The Morgan fingerprint density at radius 2 is 1.60 bits per heavy atom. The molecule has 2 aromatic carbocycles. The topological polar surface area (TPSA) is 57.7 Å². The number of carbonyl (C=O) groups is 1. The van der Waals surface area contributed by atoms with Gasteiger partial charge in [-0.05, 0) is 19.1 Å². The summed E-state index contributed by atoms with van der Waals surface area (Å²) in [6, 6.07) is 11.4. The molecule has 0 aliphatic heterocycles. The Kier molecular flexibility index (Phi) is 4.57. The molecule has 0 fully saturated rings. The van der Waals surface area contributed by atoms with E-state index in [9.17, 15) is 4.79 Å². The molecule has 1 aromatic heterocycles. The summed E-state index contributed by atoms with van der Waals surface area (Å²) in [5.41, 5.74) is 2.97. The molecule has 128 valence electrons. The molecule has 0 radical (unpaired) electrons. The van der Waals surface area contributed by atoms with Crippen LogP contribution in [0.25, 0.3) is 22.0 Å². The van der Waals surface area contributed by atoms with Crippen LogP contribution in [0.4, 0.5) is 0 Å². The molecule has 5 nitrogen and oxygen atoms in total. The standard InChI is InChI=1S/C20H19NO4/c1-12-5-7-13(8-6-12)19-18(20(22)25-4)15-10-17(24-3)16(23-2)9-14(15)11-21-19/h5-11H,1-4H3. The van der Waals surface area contributed by atoms with Gasteiger partial charge in [-0.2, -0.15) is 0 Å². The van der Waals surface area contributed by atoms with Crippen LogP contribution in [0.1, 0.15) is 15.9 Å². The molecule has 0 aliphatic carbocycles. The van der Waals surface area contributed by atoms with E-state index >= 15 is 0 Å². The second kappa shape index (κ2) is 6.81. The van der Waals surface area contributed by atoms with Crippen LogP contribution in [-0.2, 0) is 4.74 Å². The first-order valence-corrected chi connectivity index (χ1v) is 7.79. The number of carbonyl (C=O) groups excluding carboxylic acids is 1. The molecule has 0 spiro atoms. The maximum Gasteiger partial charge on any atom is 0.340 e. The van der Waals surface area contributed by atoms with Gasteiger partial charge in [0.05, 0.1) is 32.6 Å². The van der Waals surface area contributed by atoms with Crippen molar-refractivity contribution < 1.29 is 19.0 Å². The molecule has 0 bridgehead atoms. The molecule has 0 amide bonds. The number of nitrogens with zero attached hydrogens (tertiary/aromatic N) is 1. The number of fused-ring (bicyclic) bond motifs is 1. The summed E-state index contributed by atoms with van der Waals surface area (Å²) in [5, 5.41) is 1.48. The van der Waals surface area contributed by atoms with Crippen molar-refractivity contribution in [2.75, 3.05) is 21.3 Å². The number of aryl methyl sites for hydroxylation is 1. The third kappa shape index (κ3) is 3.01. The van der Waals surface area contributed by atoms with Gasteiger partial charge < -0.3 is 14.2 Å². The molecule has 0 N–H and O–H groups in total. The van der Waals surface area contributed by atoms with Crippen molar-refractivity contribution in [3.05, 3.63) is 53.7 Å². The zero-order valence-electron chi connectivity index (χ0n) is 14.6. The minimum absolute atomic E-state index is 0.407. The average Bonchev–Trinajstić information content (AvgIpc) is 2.65. The Bertz CT molecular complexity index is 933. The SMILES string of the molecule is COC(=O)c1c(-c2ccc(C)cc2)ncc2cc(OC)c(OC)cc12. The maximum absolute atomic E-state index is 12.5. The normalized spacial score (nSPS) is 10.6. The Balaban J connectivity index is 2.34. The van der Waals surface area contributed by atoms with Crippen molar-refractivity contribution in [1.29, 1.82) is 0 Å². The summed E-state index contributed by atoms with van der Waals surface area (Å²) in [6.45, 7) is 2.01. The minimum atomic E-state index is -0.444. The molecule has 3 aromatic rings. The van der Waals surface area contributed by atoms with Crippen LogP contribution in [0.2, 0.25) is 0 Å². The number of benzene rings is 2. The Morgan fingerprint density at radius 1 is 0.960 bits per heavy atom. The molecule has 3 rings (SSSR count). The molecular weight excluding hydrogens is 318 g/mol. The predicted molar refractivity (Wildman–Crippen MR) is 96.4 cm³/mol. The highest BCUT2D eigenvalue weighted by molar-refractivity contribution is 6.09. The molecule has 25 heavy (non-hydrogen) atoms. The van der Waals surface area contributed by atoms with Crippen LogP contribution < -0.4 is 9.47 Å². The summed E-state index contributed by atoms with van der Waals surface area (Å²) in [6.07, 6.45) is 1.72. The van der Waals surface area contributed by atoms with Gasteiger partial charge in [-0.15, -0.1) is 0 Å². The summed E-state index contributed by atoms with van der Waals surface area (Å²) in [4.78, 5) is 17.0. The maximum atomic E-state index is 12.5. The third-order valence-corrected chi connectivity index (χ3v) is 4.11. The molecule has 0 unspecified atom stereocenters. The monoisotopic (exact) mass is 337 g/mol. The first kappa shape index (κ1) is 16.8. The van der Waals surface area contributed by atoms with Crippen molar-refractivity contribution in [2.45, 2.75) is 6.92 Å². The Hall–Kier alpha value is -3.08. The van der Waals surface area contributed by atoms with Gasteiger partial charge in [0.15, 0.2) is 11.5 Å². The molecule has 1 heterocycles. The van der Waals surface area contributed by atoms with Crippen LogP contribution in [0.3, 0.4) is 0 Å². The lowest BCUT2D eigenvalue weighted by Gasteiger charge is -2.14. The van der Waals surface area contributed by atoms with Crippen LogP contribution in [0, 0.1) is 6.92 Å². The number of rotatable bonds is 4. The van der Waals surface area contributed by atoms with E-state index in [2.05, 4.69) is 4.98 Å². The lowest BCUT2D eigenvalue weighted by Crippen LogP contribution is -2.07. The number of hydrogen-bond acceptors (Lipinski definition) is 5. The van der Waals surface area contributed by atoms with Crippen LogP contribution in [0.5, 0.6) is 11.5 Å².